The fourth-order valence-electron chi connectivity index (χ4n) is 3.10. The molecule has 0 atom stereocenters. The Morgan fingerprint density at radius 3 is 2.69 bits per heavy atom. The maximum atomic E-state index is 11.9. The molecule has 2 aromatic carbocycles. The van der Waals surface area contributed by atoms with Gasteiger partial charge in [0.15, 0.2) is 11.0 Å². The molecule has 0 aliphatic rings. The van der Waals surface area contributed by atoms with Crippen LogP contribution in [0, 0.1) is 0 Å². The maximum absolute atomic E-state index is 11.9. The minimum Gasteiger partial charge on any atom is -0.486 e. The number of ether oxygens (including phenoxy) is 1. The SMILES string of the molecule is CCc1ccc(OCc2nnc(SCc3cc(=O)[nH]c4ccccc34)n2C)cc1. The Bertz CT molecular complexity index is 1180. The van der Waals surface area contributed by atoms with Crippen LogP contribution in [-0.2, 0) is 25.8 Å². The highest BCUT2D eigenvalue weighted by atomic mass is 32.2. The van der Waals surface area contributed by atoms with Crippen LogP contribution in [-0.4, -0.2) is 19.7 Å². The van der Waals surface area contributed by atoms with Crippen LogP contribution in [0.2, 0.25) is 0 Å². The van der Waals surface area contributed by atoms with Gasteiger partial charge in [-0.15, -0.1) is 10.2 Å². The molecule has 4 rings (SSSR count). The number of rotatable bonds is 7. The van der Waals surface area contributed by atoms with Gasteiger partial charge in [0.2, 0.25) is 5.56 Å². The van der Waals surface area contributed by atoms with Crippen molar-refractivity contribution in [2.24, 2.45) is 7.05 Å². The molecule has 148 valence electrons. The summed E-state index contributed by atoms with van der Waals surface area (Å²) >= 11 is 1.55. The van der Waals surface area contributed by atoms with Gasteiger partial charge in [0, 0.05) is 29.8 Å². The molecular formula is C22H22N4O2S. The van der Waals surface area contributed by atoms with E-state index in [4.69, 9.17) is 4.74 Å². The lowest BCUT2D eigenvalue weighted by molar-refractivity contribution is 0.290. The second-order valence-electron chi connectivity index (χ2n) is 6.74. The normalized spacial score (nSPS) is 11.1. The van der Waals surface area contributed by atoms with E-state index in [1.807, 2.05) is 48.0 Å². The highest BCUT2D eigenvalue weighted by molar-refractivity contribution is 7.98. The van der Waals surface area contributed by atoms with E-state index < -0.39 is 0 Å². The first-order valence-corrected chi connectivity index (χ1v) is 10.5. The van der Waals surface area contributed by atoms with Gasteiger partial charge in [-0.2, -0.15) is 0 Å². The smallest absolute Gasteiger partial charge is 0.248 e. The van der Waals surface area contributed by atoms with Gasteiger partial charge in [0.25, 0.3) is 0 Å². The van der Waals surface area contributed by atoms with Crippen LogP contribution in [0.25, 0.3) is 10.9 Å². The van der Waals surface area contributed by atoms with Crippen LogP contribution >= 0.6 is 11.8 Å². The van der Waals surface area contributed by atoms with E-state index >= 15 is 0 Å². The maximum Gasteiger partial charge on any atom is 0.248 e. The number of pyridine rings is 1. The standard InChI is InChI=1S/C22H22N4O2S/c1-3-15-8-10-17(11-9-15)28-13-20-24-25-22(26(20)2)29-14-16-12-21(27)23-19-7-5-4-6-18(16)19/h4-12H,3,13-14H2,1-2H3,(H,23,27). The number of thioether (sulfide) groups is 1. The number of hydrogen-bond acceptors (Lipinski definition) is 5. The lowest BCUT2D eigenvalue weighted by atomic mass is 10.1. The van der Waals surface area contributed by atoms with Gasteiger partial charge >= 0.3 is 0 Å². The van der Waals surface area contributed by atoms with E-state index in [2.05, 4.69) is 34.2 Å². The summed E-state index contributed by atoms with van der Waals surface area (Å²) in [5.41, 5.74) is 3.00. The summed E-state index contributed by atoms with van der Waals surface area (Å²) < 4.78 is 7.77. The zero-order valence-corrected chi connectivity index (χ0v) is 17.2. The second-order valence-corrected chi connectivity index (χ2v) is 7.68. The first-order chi connectivity index (χ1) is 14.1. The lowest BCUT2D eigenvalue weighted by Gasteiger charge is -2.08. The number of fused-ring (bicyclic) bond motifs is 1. The topological polar surface area (TPSA) is 72.8 Å². The van der Waals surface area contributed by atoms with Crippen LogP contribution in [0.4, 0.5) is 0 Å². The van der Waals surface area contributed by atoms with Crippen molar-refractivity contribution < 1.29 is 4.74 Å². The van der Waals surface area contributed by atoms with Gasteiger partial charge in [-0.3, -0.25) is 4.79 Å². The first-order valence-electron chi connectivity index (χ1n) is 9.48. The van der Waals surface area contributed by atoms with Gasteiger partial charge in [-0.1, -0.05) is 49.0 Å². The van der Waals surface area contributed by atoms with Crippen molar-refractivity contribution in [3.63, 3.8) is 0 Å². The van der Waals surface area contributed by atoms with Crippen molar-refractivity contribution in [2.45, 2.75) is 30.9 Å². The highest BCUT2D eigenvalue weighted by Crippen LogP contribution is 2.25. The largest absolute Gasteiger partial charge is 0.486 e. The molecule has 0 fully saturated rings. The monoisotopic (exact) mass is 406 g/mol. The molecule has 0 amide bonds. The number of para-hydroxylation sites is 1. The van der Waals surface area contributed by atoms with E-state index in [-0.39, 0.29) is 5.56 Å². The summed E-state index contributed by atoms with van der Waals surface area (Å²) in [6.07, 6.45) is 1.01. The van der Waals surface area contributed by atoms with Crippen molar-refractivity contribution in [2.75, 3.05) is 0 Å². The van der Waals surface area contributed by atoms with Crippen molar-refractivity contribution in [1.82, 2.24) is 19.7 Å². The molecule has 0 bridgehead atoms. The summed E-state index contributed by atoms with van der Waals surface area (Å²) in [6, 6.07) is 17.6. The molecule has 0 saturated heterocycles. The third-order valence-corrected chi connectivity index (χ3v) is 5.89. The Morgan fingerprint density at radius 1 is 1.10 bits per heavy atom. The molecule has 0 aliphatic carbocycles. The molecule has 1 N–H and O–H groups in total. The Kier molecular flexibility index (Phi) is 5.67. The first kappa shape index (κ1) is 19.3. The summed E-state index contributed by atoms with van der Waals surface area (Å²) in [7, 11) is 1.93. The third kappa shape index (κ3) is 4.35. The zero-order chi connectivity index (χ0) is 20.2. The van der Waals surface area contributed by atoms with E-state index in [9.17, 15) is 4.79 Å². The molecule has 0 saturated carbocycles. The summed E-state index contributed by atoms with van der Waals surface area (Å²) in [4.78, 5) is 14.8. The fraction of sp³-hybridized carbons (Fsp3) is 0.227. The van der Waals surface area contributed by atoms with E-state index in [1.54, 1.807) is 17.8 Å². The molecule has 0 unspecified atom stereocenters. The average molecular weight is 407 g/mol. The van der Waals surface area contributed by atoms with E-state index in [1.165, 1.54) is 5.56 Å². The molecule has 7 heteroatoms. The van der Waals surface area contributed by atoms with E-state index in [0.717, 1.165) is 39.6 Å². The number of nitrogens with zero attached hydrogens (tertiary/aromatic N) is 3. The average Bonchev–Trinajstić information content (AvgIpc) is 3.10. The van der Waals surface area contributed by atoms with Crippen LogP contribution in [0.5, 0.6) is 5.75 Å². The second kappa shape index (κ2) is 8.53. The molecule has 2 aromatic heterocycles. The molecule has 29 heavy (non-hydrogen) atoms. The van der Waals surface area contributed by atoms with Crippen molar-refractivity contribution >= 4 is 22.7 Å². The Morgan fingerprint density at radius 2 is 1.90 bits per heavy atom. The van der Waals surface area contributed by atoms with Crippen LogP contribution < -0.4 is 10.3 Å². The van der Waals surface area contributed by atoms with Crippen molar-refractivity contribution in [1.29, 1.82) is 0 Å². The van der Waals surface area contributed by atoms with Crippen molar-refractivity contribution in [3.05, 3.63) is 81.9 Å². The molecule has 0 aliphatic heterocycles. The quantitative estimate of drug-likeness (QED) is 0.468. The van der Waals surface area contributed by atoms with Gasteiger partial charge in [-0.05, 0) is 35.7 Å². The number of hydrogen-bond donors (Lipinski definition) is 1. The van der Waals surface area contributed by atoms with Crippen LogP contribution in [0.3, 0.4) is 0 Å². The summed E-state index contributed by atoms with van der Waals surface area (Å²) in [5, 5.41) is 10.4. The fourth-order valence-corrected chi connectivity index (χ4v) is 4.03. The number of aromatic nitrogens is 4. The Balaban J connectivity index is 1.44. The minimum atomic E-state index is -0.0968. The van der Waals surface area contributed by atoms with Crippen LogP contribution in [0.15, 0.2) is 64.5 Å². The molecule has 0 spiro atoms. The molecule has 2 heterocycles. The predicted octanol–water partition coefficient (Wildman–Crippen LogP) is 4.09. The molecule has 0 radical (unpaired) electrons. The van der Waals surface area contributed by atoms with Crippen LogP contribution in [0.1, 0.15) is 23.9 Å². The minimum absolute atomic E-state index is 0.0968. The Labute approximate surface area is 172 Å². The molecule has 6 nitrogen and oxygen atoms in total. The number of nitrogens with one attached hydrogen (secondary N) is 1. The van der Waals surface area contributed by atoms with Gasteiger partial charge in [-0.25, -0.2) is 0 Å². The third-order valence-electron chi connectivity index (χ3n) is 4.82. The van der Waals surface area contributed by atoms with Gasteiger partial charge in [0.05, 0.1) is 0 Å². The number of aryl methyl sites for hydroxylation is 1. The van der Waals surface area contributed by atoms with Gasteiger partial charge < -0.3 is 14.3 Å². The zero-order valence-electron chi connectivity index (χ0n) is 16.4. The Hall–Kier alpha value is -3.06. The molecule has 4 aromatic rings. The number of benzene rings is 2. The van der Waals surface area contributed by atoms with E-state index in [0.29, 0.717) is 12.4 Å². The predicted molar refractivity (Wildman–Crippen MR) is 115 cm³/mol. The number of H-pyrrole nitrogens is 1. The number of aromatic amines is 1. The van der Waals surface area contributed by atoms with Crippen molar-refractivity contribution in [3.8, 4) is 5.75 Å². The highest BCUT2D eigenvalue weighted by Gasteiger charge is 2.12. The summed E-state index contributed by atoms with van der Waals surface area (Å²) in [6.45, 7) is 2.48. The van der Waals surface area contributed by atoms with Gasteiger partial charge in [0.1, 0.15) is 12.4 Å². The summed E-state index contributed by atoms with van der Waals surface area (Å²) in [5.74, 6) is 2.20. The molecular weight excluding hydrogens is 384 g/mol. The lowest BCUT2D eigenvalue weighted by Crippen LogP contribution is -2.06.